The molecule has 4 rings (SSSR count). The normalized spacial score (nSPS) is 15.7. The molecule has 0 radical (unpaired) electrons. The van der Waals surface area contributed by atoms with Crippen LogP contribution in [0.5, 0.6) is 0 Å². The molecule has 3 aromatic rings. The van der Waals surface area contributed by atoms with Crippen LogP contribution in [0.25, 0.3) is 10.9 Å². The number of sulfonamides is 1. The maximum atomic E-state index is 13.0. The molecule has 1 saturated heterocycles. The van der Waals surface area contributed by atoms with Crippen molar-refractivity contribution in [3.63, 3.8) is 0 Å². The zero-order valence-corrected chi connectivity index (χ0v) is 18.9. The van der Waals surface area contributed by atoms with E-state index in [-0.39, 0.29) is 28.8 Å². The van der Waals surface area contributed by atoms with Gasteiger partial charge in [-0.25, -0.2) is 13.4 Å². The Kier molecular flexibility index (Phi) is 6.12. The molecule has 0 saturated carbocycles. The van der Waals surface area contributed by atoms with Crippen molar-refractivity contribution in [1.29, 1.82) is 0 Å². The van der Waals surface area contributed by atoms with Crippen LogP contribution in [-0.2, 0) is 21.4 Å². The molecule has 1 N–H and O–H groups in total. The van der Waals surface area contributed by atoms with Gasteiger partial charge in [0.2, 0.25) is 15.9 Å². The average molecular weight is 455 g/mol. The summed E-state index contributed by atoms with van der Waals surface area (Å²) in [7, 11) is -1.89. The van der Waals surface area contributed by atoms with Crippen molar-refractivity contribution < 1.29 is 13.2 Å². The number of rotatable bonds is 5. The zero-order chi connectivity index (χ0) is 22.9. The number of hydrogen-bond acceptors (Lipinski definition) is 5. The third-order valence-corrected chi connectivity index (χ3v) is 7.80. The average Bonchev–Trinajstić information content (AvgIpc) is 2.79. The highest BCUT2D eigenvalue weighted by Crippen LogP contribution is 2.25. The maximum absolute atomic E-state index is 13.0. The van der Waals surface area contributed by atoms with Gasteiger partial charge in [0.05, 0.1) is 22.3 Å². The molecule has 1 aliphatic heterocycles. The van der Waals surface area contributed by atoms with Crippen LogP contribution in [0, 0.1) is 12.8 Å². The minimum absolute atomic E-state index is 0.0757. The van der Waals surface area contributed by atoms with Crippen LogP contribution < -0.4 is 5.56 Å². The molecule has 1 aromatic heterocycles. The molecular weight excluding hydrogens is 428 g/mol. The van der Waals surface area contributed by atoms with Crippen LogP contribution >= 0.6 is 0 Å². The van der Waals surface area contributed by atoms with Crippen molar-refractivity contribution in [2.45, 2.75) is 31.2 Å². The van der Waals surface area contributed by atoms with E-state index < -0.39 is 10.0 Å². The lowest BCUT2D eigenvalue weighted by molar-refractivity contribution is -0.136. The summed E-state index contributed by atoms with van der Waals surface area (Å²) in [6.45, 7) is 2.69. The third-order valence-electron chi connectivity index (χ3n) is 5.89. The number of aryl methyl sites for hydroxylation is 1. The highest BCUT2D eigenvalue weighted by atomic mass is 32.2. The lowest BCUT2D eigenvalue weighted by Crippen LogP contribution is -2.43. The molecule has 1 fully saturated rings. The fourth-order valence-corrected chi connectivity index (χ4v) is 5.50. The number of benzene rings is 2. The molecule has 2 aromatic carbocycles. The van der Waals surface area contributed by atoms with Gasteiger partial charge < -0.3 is 9.88 Å². The SMILES string of the molecule is Cc1ccc(S(=O)(=O)N2CCC(C(=O)N(C)Cc3nc4ccccc4c(=O)[nH]3)CC2)cc1. The van der Waals surface area contributed by atoms with Gasteiger partial charge in [-0.2, -0.15) is 4.31 Å². The molecule has 9 heteroatoms. The van der Waals surface area contributed by atoms with Crippen LogP contribution in [0.15, 0.2) is 58.2 Å². The molecular formula is C23H26N4O4S. The molecule has 32 heavy (non-hydrogen) atoms. The van der Waals surface area contributed by atoms with Crippen LogP contribution in [0.4, 0.5) is 0 Å². The van der Waals surface area contributed by atoms with E-state index in [1.54, 1.807) is 54.4 Å². The summed E-state index contributed by atoms with van der Waals surface area (Å²) in [6.07, 6.45) is 0.909. The van der Waals surface area contributed by atoms with Crippen molar-refractivity contribution in [3.05, 3.63) is 70.3 Å². The Bertz CT molecular complexity index is 1290. The van der Waals surface area contributed by atoms with Gasteiger partial charge in [-0.15, -0.1) is 0 Å². The zero-order valence-electron chi connectivity index (χ0n) is 18.1. The van der Waals surface area contributed by atoms with Gasteiger partial charge in [-0.05, 0) is 44.0 Å². The first kappa shape index (κ1) is 22.2. The quantitative estimate of drug-likeness (QED) is 0.637. The van der Waals surface area contributed by atoms with E-state index in [9.17, 15) is 18.0 Å². The topological polar surface area (TPSA) is 103 Å². The Labute approximate surface area is 186 Å². The number of nitrogens with zero attached hydrogens (tertiary/aromatic N) is 3. The number of carbonyl (C=O) groups is 1. The second-order valence-corrected chi connectivity index (χ2v) is 10.2. The number of aromatic amines is 1. The van der Waals surface area contributed by atoms with Gasteiger partial charge in [-0.1, -0.05) is 29.8 Å². The highest BCUT2D eigenvalue weighted by molar-refractivity contribution is 7.89. The molecule has 1 aliphatic rings. The number of aromatic nitrogens is 2. The smallest absolute Gasteiger partial charge is 0.258 e. The summed E-state index contributed by atoms with van der Waals surface area (Å²) in [5.41, 5.74) is 1.35. The van der Waals surface area contributed by atoms with Crippen LogP contribution in [0.1, 0.15) is 24.2 Å². The summed E-state index contributed by atoms with van der Waals surface area (Å²) in [6, 6.07) is 13.9. The predicted octanol–water partition coefficient (Wildman–Crippen LogP) is 2.29. The molecule has 8 nitrogen and oxygen atoms in total. The molecule has 0 unspecified atom stereocenters. The molecule has 0 atom stereocenters. The number of para-hydroxylation sites is 1. The largest absolute Gasteiger partial charge is 0.338 e. The minimum atomic E-state index is -3.56. The Morgan fingerprint density at radius 2 is 1.78 bits per heavy atom. The molecule has 0 bridgehead atoms. The van der Waals surface area contributed by atoms with Crippen LogP contribution in [0.2, 0.25) is 0 Å². The summed E-state index contributed by atoms with van der Waals surface area (Å²) in [5, 5.41) is 0.507. The number of fused-ring (bicyclic) bond motifs is 1. The highest BCUT2D eigenvalue weighted by Gasteiger charge is 2.33. The van der Waals surface area contributed by atoms with E-state index in [0.717, 1.165) is 5.56 Å². The monoisotopic (exact) mass is 454 g/mol. The number of nitrogens with one attached hydrogen (secondary N) is 1. The van der Waals surface area contributed by atoms with Crippen molar-refractivity contribution in [2.24, 2.45) is 5.92 Å². The van der Waals surface area contributed by atoms with Crippen molar-refractivity contribution in [1.82, 2.24) is 19.2 Å². The van der Waals surface area contributed by atoms with Gasteiger partial charge in [0.15, 0.2) is 0 Å². The first-order valence-corrected chi connectivity index (χ1v) is 12.0. The van der Waals surface area contributed by atoms with Gasteiger partial charge in [0.25, 0.3) is 5.56 Å². The molecule has 1 amide bonds. The number of piperidine rings is 1. The predicted molar refractivity (Wildman–Crippen MR) is 121 cm³/mol. The first-order chi connectivity index (χ1) is 15.3. The summed E-state index contributed by atoms with van der Waals surface area (Å²) in [4.78, 5) is 34.2. The lowest BCUT2D eigenvalue weighted by Gasteiger charge is -2.32. The molecule has 2 heterocycles. The summed E-state index contributed by atoms with van der Waals surface area (Å²) in [5.74, 6) is 0.0776. The van der Waals surface area contributed by atoms with E-state index in [0.29, 0.717) is 42.7 Å². The fraction of sp³-hybridized carbons (Fsp3) is 0.348. The van der Waals surface area contributed by atoms with Gasteiger partial charge in [0.1, 0.15) is 5.82 Å². The van der Waals surface area contributed by atoms with Gasteiger partial charge >= 0.3 is 0 Å². The molecule has 0 aliphatic carbocycles. The van der Waals surface area contributed by atoms with E-state index >= 15 is 0 Å². The van der Waals surface area contributed by atoms with Crippen molar-refractivity contribution >= 4 is 26.8 Å². The Morgan fingerprint density at radius 3 is 2.47 bits per heavy atom. The second kappa shape index (κ2) is 8.84. The Hall–Kier alpha value is -3.04. The van der Waals surface area contributed by atoms with Gasteiger partial charge in [0, 0.05) is 26.1 Å². The number of hydrogen-bond donors (Lipinski definition) is 1. The molecule has 0 spiro atoms. The fourth-order valence-electron chi connectivity index (χ4n) is 4.03. The van der Waals surface area contributed by atoms with E-state index in [4.69, 9.17) is 0 Å². The van der Waals surface area contributed by atoms with E-state index in [1.807, 2.05) is 13.0 Å². The van der Waals surface area contributed by atoms with E-state index in [2.05, 4.69) is 9.97 Å². The van der Waals surface area contributed by atoms with Crippen LogP contribution in [0.3, 0.4) is 0 Å². The summed E-state index contributed by atoms with van der Waals surface area (Å²) < 4.78 is 27.2. The second-order valence-electron chi connectivity index (χ2n) is 8.22. The minimum Gasteiger partial charge on any atom is -0.338 e. The number of H-pyrrole nitrogens is 1. The van der Waals surface area contributed by atoms with Crippen molar-refractivity contribution in [3.8, 4) is 0 Å². The number of carbonyl (C=O) groups excluding carboxylic acids is 1. The standard InChI is InChI=1S/C23H26N4O4S/c1-16-7-9-18(10-8-16)32(30,31)27-13-11-17(12-14-27)23(29)26(2)15-21-24-20-6-4-3-5-19(20)22(28)25-21/h3-10,17H,11-15H2,1-2H3,(H,24,25,28). The van der Waals surface area contributed by atoms with E-state index in [1.165, 1.54) is 4.31 Å². The van der Waals surface area contributed by atoms with Gasteiger partial charge in [-0.3, -0.25) is 9.59 Å². The Morgan fingerprint density at radius 1 is 1.12 bits per heavy atom. The maximum Gasteiger partial charge on any atom is 0.258 e. The first-order valence-electron chi connectivity index (χ1n) is 10.6. The summed E-state index contributed by atoms with van der Waals surface area (Å²) >= 11 is 0. The van der Waals surface area contributed by atoms with Crippen LogP contribution in [-0.4, -0.2) is 53.6 Å². The number of amides is 1. The third kappa shape index (κ3) is 4.44. The van der Waals surface area contributed by atoms with Crippen molar-refractivity contribution in [2.75, 3.05) is 20.1 Å². The lowest BCUT2D eigenvalue weighted by atomic mass is 9.96. The Balaban J connectivity index is 1.40. The molecule has 168 valence electrons.